The Balaban J connectivity index is 1.88. The van der Waals surface area contributed by atoms with Crippen molar-refractivity contribution in [3.8, 4) is 11.1 Å². The smallest absolute Gasteiger partial charge is 0.242 e. The van der Waals surface area contributed by atoms with E-state index in [-0.39, 0.29) is 5.91 Å². The van der Waals surface area contributed by atoms with Gasteiger partial charge in [-0.2, -0.15) is 0 Å². The van der Waals surface area contributed by atoms with Gasteiger partial charge in [-0.1, -0.05) is 12.1 Å². The highest BCUT2D eigenvalue weighted by Crippen LogP contribution is 2.46. The number of carbonyl (C=O) groups excluding carboxylic acids is 1. The predicted octanol–water partition coefficient (Wildman–Crippen LogP) is 3.13. The van der Waals surface area contributed by atoms with E-state index in [9.17, 15) is 4.79 Å². The summed E-state index contributed by atoms with van der Waals surface area (Å²) in [6, 6.07) is 6.02. The molecule has 1 amide bonds. The zero-order chi connectivity index (χ0) is 16.9. The van der Waals surface area contributed by atoms with E-state index in [1.165, 1.54) is 0 Å². The van der Waals surface area contributed by atoms with Gasteiger partial charge in [-0.05, 0) is 38.0 Å². The van der Waals surface area contributed by atoms with Crippen molar-refractivity contribution < 1.29 is 4.79 Å². The summed E-state index contributed by atoms with van der Waals surface area (Å²) in [7, 11) is 0. The Morgan fingerprint density at radius 1 is 1.08 bits per heavy atom. The Bertz CT molecular complexity index is 913. The first kappa shape index (κ1) is 14.6. The Labute approximate surface area is 139 Å². The van der Waals surface area contributed by atoms with Crippen molar-refractivity contribution in [1.29, 1.82) is 0 Å². The average Bonchev–Trinajstić information content (AvgIpc) is 3.15. The van der Waals surface area contributed by atoms with Gasteiger partial charge in [0.15, 0.2) is 5.82 Å². The molecule has 0 saturated heterocycles. The molecule has 0 unspecified atom stereocenters. The second kappa shape index (κ2) is 4.99. The quantitative estimate of drug-likeness (QED) is 0.787. The first-order valence-electron chi connectivity index (χ1n) is 7.75. The first-order valence-corrected chi connectivity index (χ1v) is 7.75. The first-order chi connectivity index (χ1) is 11.5. The summed E-state index contributed by atoms with van der Waals surface area (Å²) in [5.74, 6) is 1.35. The Morgan fingerprint density at radius 2 is 1.83 bits per heavy atom. The maximum atomic E-state index is 12.9. The van der Waals surface area contributed by atoms with Crippen LogP contribution < -0.4 is 4.90 Å². The van der Waals surface area contributed by atoms with Crippen LogP contribution in [0.4, 0.5) is 11.5 Å². The maximum Gasteiger partial charge on any atom is 0.242 e. The standard InChI is InChI=1S/C18H17N5O/c1-11-20-7-13(8-21-11)12-4-5-14-15(6-12)23(16-9-19-10-22-16)17(24)18(14,2)3/h4-10H,1-3H3,(H,19,22). The summed E-state index contributed by atoms with van der Waals surface area (Å²) >= 11 is 0. The number of fused-ring (bicyclic) bond motifs is 1. The van der Waals surface area contributed by atoms with Gasteiger partial charge in [-0.15, -0.1) is 0 Å². The molecule has 0 aliphatic carbocycles. The van der Waals surface area contributed by atoms with Crippen LogP contribution in [0.25, 0.3) is 11.1 Å². The summed E-state index contributed by atoms with van der Waals surface area (Å²) in [6.45, 7) is 5.73. The van der Waals surface area contributed by atoms with E-state index in [1.54, 1.807) is 29.8 Å². The summed E-state index contributed by atoms with van der Waals surface area (Å²) < 4.78 is 0. The second-order valence-electron chi connectivity index (χ2n) is 6.44. The van der Waals surface area contributed by atoms with Crippen molar-refractivity contribution in [1.82, 2.24) is 19.9 Å². The number of nitrogens with one attached hydrogen (secondary N) is 1. The molecule has 0 radical (unpaired) electrons. The lowest BCUT2D eigenvalue weighted by molar-refractivity contribution is -0.121. The zero-order valence-corrected chi connectivity index (χ0v) is 13.7. The molecular formula is C18H17N5O. The van der Waals surface area contributed by atoms with Gasteiger partial charge in [0, 0.05) is 24.2 Å². The van der Waals surface area contributed by atoms with E-state index < -0.39 is 5.41 Å². The van der Waals surface area contributed by atoms with Crippen LogP contribution in [0.3, 0.4) is 0 Å². The summed E-state index contributed by atoms with van der Waals surface area (Å²) in [5, 5.41) is 0. The Hall–Kier alpha value is -3.02. The average molecular weight is 319 g/mol. The van der Waals surface area contributed by atoms with Crippen LogP contribution in [0.15, 0.2) is 43.1 Å². The van der Waals surface area contributed by atoms with Crippen molar-refractivity contribution in [3.05, 3.63) is 54.5 Å². The molecule has 0 saturated carbocycles. The molecule has 4 rings (SSSR count). The van der Waals surface area contributed by atoms with E-state index in [2.05, 4.69) is 19.9 Å². The molecule has 0 spiro atoms. The number of H-pyrrole nitrogens is 1. The number of hydrogen-bond acceptors (Lipinski definition) is 4. The number of amides is 1. The lowest BCUT2D eigenvalue weighted by Crippen LogP contribution is -2.33. The molecule has 120 valence electrons. The number of anilines is 2. The van der Waals surface area contributed by atoms with Gasteiger partial charge in [-0.3, -0.25) is 9.69 Å². The van der Waals surface area contributed by atoms with Gasteiger partial charge in [0.1, 0.15) is 5.82 Å². The van der Waals surface area contributed by atoms with Gasteiger partial charge in [0.05, 0.1) is 17.4 Å². The fraction of sp³-hybridized carbons (Fsp3) is 0.222. The third-order valence-electron chi connectivity index (χ3n) is 4.48. The highest BCUT2D eigenvalue weighted by atomic mass is 16.2. The second-order valence-corrected chi connectivity index (χ2v) is 6.44. The monoisotopic (exact) mass is 319 g/mol. The fourth-order valence-corrected chi connectivity index (χ4v) is 3.07. The molecule has 1 aliphatic heterocycles. The van der Waals surface area contributed by atoms with Gasteiger partial charge < -0.3 is 4.98 Å². The van der Waals surface area contributed by atoms with Crippen molar-refractivity contribution in [2.45, 2.75) is 26.2 Å². The molecular weight excluding hydrogens is 302 g/mol. The lowest BCUT2D eigenvalue weighted by atomic mass is 9.85. The third-order valence-corrected chi connectivity index (χ3v) is 4.48. The van der Waals surface area contributed by atoms with E-state index >= 15 is 0 Å². The molecule has 3 aromatic rings. The highest BCUT2D eigenvalue weighted by molar-refractivity contribution is 6.12. The van der Waals surface area contributed by atoms with Crippen LogP contribution in [0, 0.1) is 6.92 Å². The number of imidazole rings is 1. The van der Waals surface area contributed by atoms with Crippen LogP contribution in [0.2, 0.25) is 0 Å². The molecule has 3 heterocycles. The molecule has 1 aromatic carbocycles. The van der Waals surface area contributed by atoms with Crippen LogP contribution >= 0.6 is 0 Å². The molecule has 1 N–H and O–H groups in total. The fourth-order valence-electron chi connectivity index (χ4n) is 3.07. The number of rotatable bonds is 2. The normalized spacial score (nSPS) is 15.6. The zero-order valence-electron chi connectivity index (χ0n) is 13.7. The van der Waals surface area contributed by atoms with Crippen molar-refractivity contribution >= 4 is 17.4 Å². The molecule has 0 bridgehead atoms. The van der Waals surface area contributed by atoms with Crippen LogP contribution in [-0.4, -0.2) is 25.8 Å². The van der Waals surface area contributed by atoms with Crippen LogP contribution in [0.1, 0.15) is 25.2 Å². The minimum Gasteiger partial charge on any atom is -0.349 e. The topological polar surface area (TPSA) is 74.8 Å². The number of aromatic amines is 1. The summed E-state index contributed by atoms with van der Waals surface area (Å²) in [6.07, 6.45) is 6.89. The van der Waals surface area contributed by atoms with Crippen molar-refractivity contribution in [2.24, 2.45) is 0 Å². The molecule has 24 heavy (non-hydrogen) atoms. The lowest BCUT2D eigenvalue weighted by Gasteiger charge is -2.18. The molecule has 6 nitrogen and oxygen atoms in total. The van der Waals surface area contributed by atoms with Gasteiger partial charge >= 0.3 is 0 Å². The number of aryl methyl sites for hydroxylation is 1. The van der Waals surface area contributed by atoms with E-state index in [1.807, 2.05) is 39.0 Å². The molecule has 0 fully saturated rings. The number of nitrogens with zero attached hydrogens (tertiary/aromatic N) is 4. The number of hydrogen-bond donors (Lipinski definition) is 1. The summed E-state index contributed by atoms with van der Waals surface area (Å²) in [4.78, 5) is 30.3. The Kier molecular flexibility index (Phi) is 3.03. The number of aromatic nitrogens is 4. The highest BCUT2D eigenvalue weighted by Gasteiger charge is 2.45. The number of benzene rings is 1. The molecule has 2 aromatic heterocycles. The van der Waals surface area contributed by atoms with Gasteiger partial charge in [-0.25, -0.2) is 15.0 Å². The van der Waals surface area contributed by atoms with Gasteiger partial charge in [0.25, 0.3) is 0 Å². The van der Waals surface area contributed by atoms with Gasteiger partial charge in [0.2, 0.25) is 5.91 Å². The Morgan fingerprint density at radius 3 is 2.50 bits per heavy atom. The van der Waals surface area contributed by atoms with Crippen molar-refractivity contribution in [2.75, 3.05) is 4.90 Å². The third kappa shape index (κ3) is 2.03. The number of carbonyl (C=O) groups is 1. The predicted molar refractivity (Wildman–Crippen MR) is 91.0 cm³/mol. The van der Waals surface area contributed by atoms with Crippen molar-refractivity contribution in [3.63, 3.8) is 0 Å². The minimum absolute atomic E-state index is 0.0157. The van der Waals surface area contributed by atoms with Crippen LogP contribution in [0.5, 0.6) is 0 Å². The largest absolute Gasteiger partial charge is 0.349 e. The minimum atomic E-state index is -0.587. The van der Waals surface area contributed by atoms with E-state index in [0.29, 0.717) is 5.82 Å². The van der Waals surface area contributed by atoms with E-state index in [4.69, 9.17) is 0 Å². The SMILES string of the molecule is Cc1ncc(-c2ccc3c(c2)N(c2c[nH]cn2)C(=O)C3(C)C)cn1. The van der Waals surface area contributed by atoms with E-state index in [0.717, 1.165) is 28.2 Å². The molecule has 1 aliphatic rings. The summed E-state index contributed by atoms with van der Waals surface area (Å²) in [5.41, 5.74) is 3.15. The maximum absolute atomic E-state index is 12.9. The van der Waals surface area contributed by atoms with Crippen LogP contribution in [-0.2, 0) is 10.2 Å². The molecule has 0 atom stereocenters. The molecule has 6 heteroatoms.